The lowest BCUT2D eigenvalue weighted by Gasteiger charge is -2.37. The van der Waals surface area contributed by atoms with E-state index in [1.807, 2.05) is 66.7 Å². The molecular formula is C35H41N5O6. The number of ether oxygens (including phenoxy) is 1. The van der Waals surface area contributed by atoms with Gasteiger partial charge in [-0.15, -0.1) is 0 Å². The van der Waals surface area contributed by atoms with Gasteiger partial charge < -0.3 is 30.5 Å². The Morgan fingerprint density at radius 1 is 0.826 bits per heavy atom. The number of rotatable bonds is 13. The van der Waals surface area contributed by atoms with Crippen LogP contribution in [-0.2, 0) is 25.7 Å². The molecule has 0 bridgehead atoms. The average Bonchev–Trinajstić information content (AvgIpc) is 3.09. The fraction of sp³-hybridized carbons (Fsp3) is 0.343. The maximum absolute atomic E-state index is 13.6. The molecule has 1 aliphatic heterocycles. The Morgan fingerprint density at radius 2 is 1.48 bits per heavy atom. The summed E-state index contributed by atoms with van der Waals surface area (Å²) in [5.41, 5.74) is 1.32. The Labute approximate surface area is 268 Å². The van der Waals surface area contributed by atoms with Crippen LogP contribution in [0.4, 0.5) is 4.79 Å². The Kier molecular flexibility index (Phi) is 12.3. The number of hydrogen-bond donors (Lipinski definition) is 3. The van der Waals surface area contributed by atoms with Gasteiger partial charge in [0.2, 0.25) is 17.7 Å². The zero-order valence-corrected chi connectivity index (χ0v) is 26.1. The molecule has 0 radical (unpaired) electrons. The molecule has 3 aromatic rings. The highest BCUT2D eigenvalue weighted by Gasteiger charge is 2.32. The smallest absolute Gasteiger partial charge is 0.408 e. The first-order valence-electron chi connectivity index (χ1n) is 15.5. The first-order chi connectivity index (χ1) is 22.3. The van der Waals surface area contributed by atoms with Crippen LogP contribution in [0.3, 0.4) is 0 Å². The standard InChI is InChI=1S/C35H41N5O6/c1-3-31(41)36-19-10-9-18-30(38-35(45)46-24-26-12-5-4-6-13-26)34(44)40-22-20-39(21-23-40)33(43)25(2)37-32(42)29-17-11-15-27-14-7-8-16-28(27)29/h3-8,11-17,25,30H,1,9-10,18-24H2,2H3,(H,36,41)(H,37,42)(H,38,45)/t25-,30+/m1/s1. The van der Waals surface area contributed by atoms with Crippen LogP contribution >= 0.6 is 0 Å². The maximum atomic E-state index is 13.6. The van der Waals surface area contributed by atoms with E-state index in [-0.39, 0.29) is 56.4 Å². The quantitative estimate of drug-likeness (QED) is 0.196. The zero-order chi connectivity index (χ0) is 32.9. The Morgan fingerprint density at radius 3 is 2.20 bits per heavy atom. The second-order valence-electron chi connectivity index (χ2n) is 11.1. The van der Waals surface area contributed by atoms with E-state index in [0.717, 1.165) is 16.3 Å². The minimum absolute atomic E-state index is 0.0666. The third-order valence-corrected chi connectivity index (χ3v) is 7.86. The van der Waals surface area contributed by atoms with Gasteiger partial charge in [0.25, 0.3) is 5.91 Å². The van der Waals surface area contributed by atoms with Crippen molar-refractivity contribution in [2.45, 2.75) is 44.9 Å². The lowest BCUT2D eigenvalue weighted by Crippen LogP contribution is -2.58. The van der Waals surface area contributed by atoms with E-state index in [4.69, 9.17) is 4.74 Å². The average molecular weight is 628 g/mol. The fourth-order valence-electron chi connectivity index (χ4n) is 5.32. The Hall–Kier alpha value is -5.19. The lowest BCUT2D eigenvalue weighted by molar-refractivity contribution is -0.141. The van der Waals surface area contributed by atoms with Crippen molar-refractivity contribution in [1.82, 2.24) is 25.8 Å². The number of fused-ring (bicyclic) bond motifs is 1. The van der Waals surface area contributed by atoms with Crippen molar-refractivity contribution in [3.8, 4) is 0 Å². The molecule has 11 heteroatoms. The number of benzene rings is 3. The molecule has 5 amide bonds. The van der Waals surface area contributed by atoms with Gasteiger partial charge in [-0.25, -0.2) is 4.79 Å². The van der Waals surface area contributed by atoms with Gasteiger partial charge in [-0.05, 0) is 54.7 Å². The summed E-state index contributed by atoms with van der Waals surface area (Å²) in [6.45, 7) is 6.70. The highest BCUT2D eigenvalue weighted by Crippen LogP contribution is 2.19. The zero-order valence-electron chi connectivity index (χ0n) is 26.1. The molecule has 1 heterocycles. The number of piperazine rings is 1. The normalized spacial score (nSPS) is 14.1. The number of hydrogen-bond acceptors (Lipinski definition) is 6. The van der Waals surface area contributed by atoms with Crippen molar-refractivity contribution in [1.29, 1.82) is 0 Å². The van der Waals surface area contributed by atoms with Gasteiger partial charge in [0.15, 0.2) is 0 Å². The topological polar surface area (TPSA) is 137 Å². The molecule has 0 spiro atoms. The first kappa shape index (κ1) is 33.7. The molecule has 242 valence electrons. The third-order valence-electron chi connectivity index (χ3n) is 7.86. The molecule has 0 aromatic heterocycles. The van der Waals surface area contributed by atoms with Crippen LogP contribution in [0.25, 0.3) is 10.8 Å². The molecule has 1 aliphatic rings. The number of nitrogens with one attached hydrogen (secondary N) is 3. The van der Waals surface area contributed by atoms with Crippen LogP contribution < -0.4 is 16.0 Å². The number of alkyl carbamates (subject to hydrolysis) is 1. The van der Waals surface area contributed by atoms with Gasteiger partial charge in [0.05, 0.1) is 0 Å². The summed E-state index contributed by atoms with van der Waals surface area (Å²) in [4.78, 5) is 67.2. The van der Waals surface area contributed by atoms with Crippen molar-refractivity contribution in [3.63, 3.8) is 0 Å². The van der Waals surface area contributed by atoms with E-state index in [2.05, 4.69) is 22.5 Å². The summed E-state index contributed by atoms with van der Waals surface area (Å²) in [6.07, 6.45) is 2.01. The van der Waals surface area contributed by atoms with Crippen LogP contribution in [0.1, 0.15) is 42.1 Å². The number of nitrogens with zero attached hydrogens (tertiary/aromatic N) is 2. The predicted octanol–water partition coefficient (Wildman–Crippen LogP) is 3.40. The molecule has 2 atom stereocenters. The summed E-state index contributed by atoms with van der Waals surface area (Å²) in [5, 5.41) is 9.98. The van der Waals surface area contributed by atoms with E-state index >= 15 is 0 Å². The summed E-state index contributed by atoms with van der Waals surface area (Å²) in [6, 6.07) is 20.7. The minimum Gasteiger partial charge on any atom is -0.445 e. The van der Waals surface area contributed by atoms with Crippen molar-refractivity contribution >= 4 is 40.5 Å². The summed E-state index contributed by atoms with van der Waals surface area (Å²) >= 11 is 0. The molecule has 0 aliphatic carbocycles. The van der Waals surface area contributed by atoms with Gasteiger partial charge in [0, 0.05) is 38.3 Å². The first-order valence-corrected chi connectivity index (χ1v) is 15.5. The van der Waals surface area contributed by atoms with Gasteiger partial charge in [-0.1, -0.05) is 73.3 Å². The van der Waals surface area contributed by atoms with Crippen molar-refractivity contribution in [2.75, 3.05) is 32.7 Å². The number of carbonyl (C=O) groups excluding carboxylic acids is 5. The maximum Gasteiger partial charge on any atom is 0.408 e. The molecule has 11 nitrogen and oxygen atoms in total. The van der Waals surface area contributed by atoms with Gasteiger partial charge in [0.1, 0.15) is 18.7 Å². The highest BCUT2D eigenvalue weighted by molar-refractivity contribution is 6.08. The third kappa shape index (κ3) is 9.40. The van der Waals surface area contributed by atoms with E-state index < -0.39 is 18.2 Å². The Balaban J connectivity index is 1.30. The highest BCUT2D eigenvalue weighted by atomic mass is 16.5. The molecule has 3 aromatic carbocycles. The van der Waals surface area contributed by atoms with Crippen LogP contribution in [0.5, 0.6) is 0 Å². The predicted molar refractivity (Wildman–Crippen MR) is 175 cm³/mol. The second kappa shape index (κ2) is 16.8. The van der Waals surface area contributed by atoms with Crippen LogP contribution in [0, 0.1) is 0 Å². The van der Waals surface area contributed by atoms with Crippen molar-refractivity contribution < 1.29 is 28.7 Å². The molecule has 4 rings (SSSR count). The van der Waals surface area contributed by atoms with E-state index in [1.54, 1.807) is 22.8 Å². The van der Waals surface area contributed by atoms with Gasteiger partial charge in [-0.2, -0.15) is 0 Å². The molecule has 3 N–H and O–H groups in total. The van der Waals surface area contributed by atoms with Crippen LogP contribution in [-0.4, -0.2) is 84.3 Å². The van der Waals surface area contributed by atoms with E-state index in [9.17, 15) is 24.0 Å². The number of amides is 5. The summed E-state index contributed by atoms with van der Waals surface area (Å²) in [7, 11) is 0. The fourth-order valence-corrected chi connectivity index (χ4v) is 5.32. The monoisotopic (exact) mass is 627 g/mol. The SMILES string of the molecule is C=CC(=O)NCCCC[C@H](NC(=O)OCc1ccccc1)C(=O)N1CCN(C(=O)[C@@H](C)NC(=O)c2cccc3ccccc23)CC1. The molecule has 1 fully saturated rings. The Bertz CT molecular complexity index is 1530. The molecule has 0 saturated carbocycles. The second-order valence-corrected chi connectivity index (χ2v) is 11.1. The van der Waals surface area contributed by atoms with Crippen molar-refractivity contribution in [2.24, 2.45) is 0 Å². The van der Waals surface area contributed by atoms with E-state index in [1.165, 1.54) is 6.08 Å². The molecule has 46 heavy (non-hydrogen) atoms. The van der Waals surface area contributed by atoms with Gasteiger partial charge >= 0.3 is 6.09 Å². The number of unbranched alkanes of at least 4 members (excludes halogenated alkanes) is 1. The molecular weight excluding hydrogens is 586 g/mol. The molecule has 0 unspecified atom stereocenters. The lowest BCUT2D eigenvalue weighted by atomic mass is 10.0. The van der Waals surface area contributed by atoms with Crippen molar-refractivity contribution in [3.05, 3.63) is 96.6 Å². The molecule has 1 saturated heterocycles. The van der Waals surface area contributed by atoms with Gasteiger partial charge in [-0.3, -0.25) is 19.2 Å². The number of carbonyl (C=O) groups is 5. The summed E-state index contributed by atoms with van der Waals surface area (Å²) < 4.78 is 5.36. The summed E-state index contributed by atoms with van der Waals surface area (Å²) in [5.74, 6) is -1.11. The van der Waals surface area contributed by atoms with Crippen LogP contribution in [0.2, 0.25) is 0 Å². The minimum atomic E-state index is -0.834. The van der Waals surface area contributed by atoms with Crippen LogP contribution in [0.15, 0.2) is 85.5 Å². The van der Waals surface area contributed by atoms with E-state index in [0.29, 0.717) is 31.4 Å². The largest absolute Gasteiger partial charge is 0.445 e.